The highest BCUT2D eigenvalue weighted by Gasteiger charge is 2.29. The number of thiazole rings is 3. The second-order valence-corrected chi connectivity index (χ2v) is 52.5. The highest BCUT2D eigenvalue weighted by Crippen LogP contribution is 2.41. The molecule has 50 heteroatoms. The Morgan fingerprint density at radius 2 is 0.537 bits per heavy atom. The fourth-order valence-electron chi connectivity index (χ4n) is 11.1. The fourth-order valence-corrected chi connectivity index (χ4v) is 27.9. The van der Waals surface area contributed by atoms with E-state index < -0.39 is 60.1 Å². The van der Waals surface area contributed by atoms with Gasteiger partial charge in [0.05, 0.1) is 46.4 Å². The maximum Gasteiger partial charge on any atom is 0.275 e. The van der Waals surface area contributed by atoms with Gasteiger partial charge in [-0.05, 0) is 218 Å². The van der Waals surface area contributed by atoms with Gasteiger partial charge in [0.25, 0.3) is 83.7 Å². The Labute approximate surface area is 848 Å². The van der Waals surface area contributed by atoms with Gasteiger partial charge in [-0.25, -0.2) is 84.3 Å². The summed E-state index contributed by atoms with van der Waals surface area (Å²) in [6.07, 6.45) is 5.92. The van der Waals surface area contributed by atoms with Crippen molar-refractivity contribution in [2.45, 2.75) is 108 Å². The van der Waals surface area contributed by atoms with Gasteiger partial charge in [0.15, 0.2) is 8.42 Å². The molecule has 0 saturated carbocycles. The van der Waals surface area contributed by atoms with E-state index in [9.17, 15) is 50.5 Å². The van der Waals surface area contributed by atoms with Crippen LogP contribution in [0.25, 0.3) is 62.9 Å². The zero-order valence-corrected chi connectivity index (χ0v) is 90.6. The molecule has 32 nitrogen and oxygen atoms in total. The average molecular weight is 2360 g/mol. The van der Waals surface area contributed by atoms with Crippen LogP contribution in [0.5, 0.6) is 0 Å². The van der Waals surface area contributed by atoms with Crippen LogP contribution in [-0.2, 0) is 60.1 Å². The van der Waals surface area contributed by atoms with Gasteiger partial charge in [-0.1, -0.05) is 187 Å². The molecule has 18 aromatic rings. The number of pyridine rings is 1. The van der Waals surface area contributed by atoms with E-state index in [-0.39, 0.29) is 49.7 Å². The van der Waals surface area contributed by atoms with Crippen LogP contribution in [0.3, 0.4) is 0 Å². The summed E-state index contributed by atoms with van der Waals surface area (Å²) in [5.74, 6) is 0.239. The summed E-state index contributed by atoms with van der Waals surface area (Å²) in [6.45, 7) is 22.4. The molecule has 0 atom stereocenters. The monoisotopic (exact) mass is 2350 g/mol. The van der Waals surface area contributed by atoms with Gasteiger partial charge < -0.3 is 18.1 Å². The maximum absolute atomic E-state index is 12.5. The van der Waals surface area contributed by atoms with E-state index in [4.69, 9.17) is 18.1 Å². The van der Waals surface area contributed by atoms with Crippen molar-refractivity contribution in [3.8, 4) is 62.9 Å². The largest absolute Gasteiger partial charge is 0.336 e. The third-order valence-electron chi connectivity index (χ3n) is 18.4. The van der Waals surface area contributed by atoms with E-state index in [2.05, 4.69) is 143 Å². The lowest BCUT2D eigenvalue weighted by Gasteiger charge is -2.02. The third kappa shape index (κ3) is 26.8. The minimum atomic E-state index is -3.78. The summed E-state index contributed by atoms with van der Waals surface area (Å²) in [5.41, 5.74) is 14.6. The molecule has 18 rings (SSSR count). The molecule has 0 amide bonds. The number of aryl methyl sites for hydroxylation is 12. The van der Waals surface area contributed by atoms with Gasteiger partial charge in [-0.15, -0.1) is 89.6 Å². The molecule has 0 bridgehead atoms. The molecule has 708 valence electrons. The number of sulfonamides is 6. The number of rotatable bonds is 24. The molecular weight excluding hydrogens is 2280 g/mol. The zero-order valence-electron chi connectivity index (χ0n) is 72.9. The second-order valence-electron chi connectivity index (χ2n) is 29.1. The van der Waals surface area contributed by atoms with Gasteiger partial charge >= 0.3 is 0 Å². The van der Waals surface area contributed by atoms with Gasteiger partial charge in [-0.3, -0.25) is 14.4 Å². The Morgan fingerprint density at radius 1 is 0.250 bits per heavy atom. The van der Waals surface area contributed by atoms with E-state index >= 15 is 0 Å². The Bertz CT molecular complexity index is 7210. The highest BCUT2D eigenvalue weighted by molar-refractivity contribution is 9.11. The molecule has 0 fully saturated rings. The molecule has 0 spiro atoms. The van der Waals surface area contributed by atoms with Crippen molar-refractivity contribution in [2.24, 2.45) is 0 Å². The number of hydrogen-bond donors (Lipinski definition) is 6. The van der Waals surface area contributed by atoms with E-state index in [1.165, 1.54) is 86.4 Å². The molecule has 0 unspecified atom stereocenters. The number of aromatic nitrogens is 10. The van der Waals surface area contributed by atoms with Crippen LogP contribution in [0, 0.1) is 83.1 Å². The number of nitrogens with one attached hydrogen (secondary N) is 6. The van der Waals surface area contributed by atoms with Gasteiger partial charge in [0, 0.05) is 48.1 Å². The standard InChI is InChI=1S/C15H13BrN2O3S2.C15H14N2O2S3.3C14H12BrN3O3S2.C14H13N3O2S3/c1-9-3-5-11(6-4-9)12-7-8-13(22-12)23(19,20)18-15-14(16)10(2)17-21-15;1-10-3-5-12(6-4-10)13-7-8-15(21-13)22(18,19)17-14-9-16-11(2)20-14;2*1-8-3-5-10(6-4-8)14-16-7-11(22-14)23(19,20)18-13-12(15)9(2)17-21-13;1-8-3-4-10(7-16-8)11-5-6-12(22-11)23(19,20)18-14-13(15)9(2)17-21-14;1-9-3-5-11(6-4-9)12-7-8-13(21-12)22(18,19)17-14-16-15-10(2)20-14/h3-8,18H,1-2H3;3-9,17H,1-2H3;3*3-7,18H,1-2H3;3-8H,1-2H3,(H,16,17). The molecule has 0 radical (unpaired) electrons. The van der Waals surface area contributed by atoms with E-state index in [1.54, 1.807) is 77.2 Å². The SMILES string of the molecule is Cc1ccc(-c2ccc(S(=O)(=O)Nc3cnc(C)s3)s2)cc1.Cc1ccc(-c2ccc(S(=O)(=O)Nc3nnc(C)s3)s2)cc1.Cc1ccc(-c2ccc(S(=O)(=O)Nc3onc(C)c3Br)s2)cc1.Cc1ccc(-c2ccc(S(=O)(=O)Nc3onc(C)c3Br)s2)cn1.Cc1ccc(-c2ncc(S(=O)(=O)Nc3onc(C)c3Br)s2)cc1.Cc1ccc(-c2ncc(S(=O)(=O)Nc3onc(C)c3Br)s2)cc1. The summed E-state index contributed by atoms with van der Waals surface area (Å²) >= 11 is 22.5. The van der Waals surface area contributed by atoms with Crippen LogP contribution in [0.4, 0.5) is 33.7 Å². The molecule has 5 aromatic carbocycles. The lowest BCUT2D eigenvalue weighted by molar-refractivity contribution is 0.430. The number of anilines is 6. The van der Waals surface area contributed by atoms with E-state index in [0.29, 0.717) is 64.9 Å². The minimum absolute atomic E-state index is 0.0489. The summed E-state index contributed by atoms with van der Waals surface area (Å²) in [5, 5.41) is 26.0. The highest BCUT2D eigenvalue weighted by atomic mass is 79.9. The molecule has 0 aliphatic carbocycles. The molecule has 13 heterocycles. The Hall–Kier alpha value is -10.2. The van der Waals surface area contributed by atoms with E-state index in [0.717, 1.165) is 114 Å². The quantitative estimate of drug-likeness (QED) is 0.0327. The Balaban J connectivity index is 0.000000138. The van der Waals surface area contributed by atoms with Crippen LogP contribution in [0.15, 0.2) is 268 Å². The van der Waals surface area contributed by atoms with Crippen molar-refractivity contribution in [1.82, 2.24) is 50.8 Å². The molecular formula is C86H76Br4N16O16S14. The fraction of sp³-hybridized carbons (Fsp3) is 0.140. The van der Waals surface area contributed by atoms with Crippen LogP contribution >= 0.6 is 154 Å². The van der Waals surface area contributed by atoms with Crippen LogP contribution < -0.4 is 28.3 Å². The second kappa shape index (κ2) is 44.3. The molecule has 0 aliphatic rings. The average Bonchev–Trinajstić information content (AvgIpc) is 1.67. The van der Waals surface area contributed by atoms with Crippen molar-refractivity contribution in [1.29, 1.82) is 0 Å². The summed E-state index contributed by atoms with van der Waals surface area (Å²) < 4.78 is 186. The summed E-state index contributed by atoms with van der Waals surface area (Å²) in [4.78, 5) is 20.2. The maximum atomic E-state index is 12.5. The van der Waals surface area contributed by atoms with Crippen molar-refractivity contribution < 1.29 is 68.6 Å². The first-order valence-electron chi connectivity index (χ1n) is 39.3. The van der Waals surface area contributed by atoms with Crippen molar-refractivity contribution in [3.63, 3.8) is 0 Å². The lowest BCUT2D eigenvalue weighted by Crippen LogP contribution is -2.11. The Kier molecular flexibility index (Phi) is 33.6. The topological polar surface area (TPSA) is 458 Å². The number of benzene rings is 5. The normalized spacial score (nSPS) is 11.6. The van der Waals surface area contributed by atoms with Crippen LogP contribution in [0.1, 0.15) is 66.3 Å². The predicted molar refractivity (Wildman–Crippen MR) is 552 cm³/mol. The first-order chi connectivity index (χ1) is 64.3. The third-order valence-corrected chi connectivity index (χ3v) is 41.5. The summed E-state index contributed by atoms with van der Waals surface area (Å²) in [7, 11) is -22.2. The lowest BCUT2D eigenvalue weighted by atomic mass is 10.1. The number of nitrogens with zero attached hydrogens (tertiary/aromatic N) is 10. The number of thiophene rings is 4. The minimum Gasteiger partial charge on any atom is -0.336 e. The van der Waals surface area contributed by atoms with Gasteiger partial charge in [-0.2, -0.15) is 0 Å². The first kappa shape index (κ1) is 103. The van der Waals surface area contributed by atoms with Crippen molar-refractivity contribution in [2.75, 3.05) is 28.3 Å². The molecule has 136 heavy (non-hydrogen) atoms. The molecule has 13 aromatic heterocycles. The van der Waals surface area contributed by atoms with Gasteiger partial charge in [0.2, 0.25) is 5.13 Å². The van der Waals surface area contributed by atoms with Gasteiger partial charge in [0.1, 0.15) is 54.8 Å². The molecule has 0 saturated heterocycles. The molecule has 6 N–H and O–H groups in total. The predicted octanol–water partition coefficient (Wildman–Crippen LogP) is 24.5. The molecule has 0 aliphatic heterocycles. The van der Waals surface area contributed by atoms with E-state index in [1.807, 2.05) is 194 Å². The zero-order chi connectivity index (χ0) is 97.9. The summed E-state index contributed by atoms with van der Waals surface area (Å²) in [6, 6.07) is 56.8. The first-order valence-corrected chi connectivity index (χ1v) is 57.9. The number of halogens is 4. The smallest absolute Gasteiger partial charge is 0.275 e. The Morgan fingerprint density at radius 3 is 0.809 bits per heavy atom. The van der Waals surface area contributed by atoms with Crippen LogP contribution in [-0.4, -0.2) is 101 Å². The van der Waals surface area contributed by atoms with Crippen molar-refractivity contribution >= 4 is 248 Å². The number of hydrogen-bond acceptors (Lipinski definition) is 34. The van der Waals surface area contributed by atoms with Crippen molar-refractivity contribution in [3.05, 3.63) is 291 Å². The van der Waals surface area contributed by atoms with Crippen LogP contribution in [0.2, 0.25) is 0 Å².